The van der Waals surface area contributed by atoms with E-state index in [9.17, 15) is 0 Å². The summed E-state index contributed by atoms with van der Waals surface area (Å²) >= 11 is 0. The molecule has 0 N–H and O–H groups in total. The van der Waals surface area contributed by atoms with Crippen LogP contribution in [0, 0.1) is 0 Å². The molecule has 0 saturated heterocycles. The number of ether oxygens (including phenoxy) is 4. The molecule has 0 aliphatic rings. The van der Waals surface area contributed by atoms with Gasteiger partial charge in [0.25, 0.3) is 5.97 Å². The molecule has 0 bridgehead atoms. The van der Waals surface area contributed by atoms with Crippen LogP contribution in [0.2, 0.25) is 0 Å². The van der Waals surface area contributed by atoms with E-state index < -0.39 is 5.97 Å². The van der Waals surface area contributed by atoms with Gasteiger partial charge in [-0.3, -0.25) is 0 Å². The van der Waals surface area contributed by atoms with Crippen LogP contribution in [0.3, 0.4) is 0 Å². The molecule has 1 atom stereocenters. The van der Waals surface area contributed by atoms with Gasteiger partial charge in [0.15, 0.2) is 0 Å². The SMILES string of the molecule is C=CC(CCCCCCCCC(OC)(OC)OC)OC. The van der Waals surface area contributed by atoms with Crippen LogP contribution in [-0.4, -0.2) is 40.5 Å². The van der Waals surface area contributed by atoms with Crippen molar-refractivity contribution in [1.29, 1.82) is 0 Å². The molecule has 4 nitrogen and oxygen atoms in total. The highest BCUT2D eigenvalue weighted by atomic mass is 16.9. The average molecular weight is 288 g/mol. The number of hydrogen-bond acceptors (Lipinski definition) is 4. The summed E-state index contributed by atoms with van der Waals surface area (Å²) in [6, 6.07) is 0. The fourth-order valence-electron chi connectivity index (χ4n) is 2.28. The number of hydrogen-bond donors (Lipinski definition) is 0. The Kier molecular flexibility index (Phi) is 12.1. The quantitative estimate of drug-likeness (QED) is 0.276. The lowest BCUT2D eigenvalue weighted by atomic mass is 10.1. The minimum atomic E-state index is -0.865. The smallest absolute Gasteiger partial charge is 0.282 e. The number of rotatable bonds is 14. The molecular formula is C16H32O4. The summed E-state index contributed by atoms with van der Waals surface area (Å²) in [4.78, 5) is 0. The molecule has 0 spiro atoms. The highest BCUT2D eigenvalue weighted by Gasteiger charge is 2.28. The van der Waals surface area contributed by atoms with Crippen LogP contribution in [0.5, 0.6) is 0 Å². The Hall–Kier alpha value is -0.420. The molecule has 120 valence electrons. The third-order valence-electron chi connectivity index (χ3n) is 3.72. The molecule has 20 heavy (non-hydrogen) atoms. The second-order valence-corrected chi connectivity index (χ2v) is 4.97. The summed E-state index contributed by atoms with van der Waals surface area (Å²) in [6.07, 6.45) is 11.1. The van der Waals surface area contributed by atoms with Gasteiger partial charge in [-0.2, -0.15) is 0 Å². The zero-order valence-corrected chi connectivity index (χ0v) is 13.7. The van der Waals surface area contributed by atoms with E-state index in [1.807, 2.05) is 6.08 Å². The minimum Gasteiger partial charge on any atom is -0.377 e. The Morgan fingerprint density at radius 3 is 1.80 bits per heavy atom. The van der Waals surface area contributed by atoms with E-state index in [-0.39, 0.29) is 6.10 Å². The Morgan fingerprint density at radius 1 is 0.850 bits per heavy atom. The second kappa shape index (κ2) is 12.3. The van der Waals surface area contributed by atoms with E-state index in [0.717, 1.165) is 19.3 Å². The first-order valence-electron chi connectivity index (χ1n) is 7.48. The molecule has 0 aromatic heterocycles. The van der Waals surface area contributed by atoms with E-state index in [1.54, 1.807) is 28.4 Å². The fraction of sp³-hybridized carbons (Fsp3) is 0.875. The van der Waals surface area contributed by atoms with Crippen LogP contribution < -0.4 is 0 Å². The Balaban J connectivity index is 3.51. The van der Waals surface area contributed by atoms with E-state index in [1.165, 1.54) is 32.1 Å². The van der Waals surface area contributed by atoms with Crippen molar-refractivity contribution in [2.45, 2.75) is 63.4 Å². The molecular weight excluding hydrogens is 256 g/mol. The van der Waals surface area contributed by atoms with Crippen LogP contribution >= 0.6 is 0 Å². The van der Waals surface area contributed by atoms with E-state index >= 15 is 0 Å². The minimum absolute atomic E-state index is 0.209. The summed E-state index contributed by atoms with van der Waals surface area (Å²) < 4.78 is 21.1. The highest BCUT2D eigenvalue weighted by molar-refractivity contribution is 4.79. The maximum atomic E-state index is 5.26. The summed E-state index contributed by atoms with van der Waals surface area (Å²) in [5, 5.41) is 0. The standard InChI is InChI=1S/C16H32O4/c1-6-15(17-2)13-11-9-7-8-10-12-14-16(18-3,19-4)20-5/h6,15H,1,7-14H2,2-5H3. The van der Waals surface area contributed by atoms with Gasteiger partial charge in [-0.1, -0.05) is 38.2 Å². The van der Waals surface area contributed by atoms with Gasteiger partial charge in [-0.15, -0.1) is 6.58 Å². The molecule has 0 aromatic carbocycles. The summed E-state index contributed by atoms with van der Waals surface area (Å²) in [6.45, 7) is 3.76. The first-order chi connectivity index (χ1) is 9.67. The largest absolute Gasteiger partial charge is 0.377 e. The maximum absolute atomic E-state index is 5.26. The van der Waals surface area contributed by atoms with Gasteiger partial charge in [-0.25, -0.2) is 0 Å². The highest BCUT2D eigenvalue weighted by Crippen LogP contribution is 2.21. The van der Waals surface area contributed by atoms with Gasteiger partial charge in [0.2, 0.25) is 0 Å². The van der Waals surface area contributed by atoms with Crippen molar-refractivity contribution >= 4 is 0 Å². The van der Waals surface area contributed by atoms with Crippen molar-refractivity contribution < 1.29 is 18.9 Å². The van der Waals surface area contributed by atoms with Gasteiger partial charge < -0.3 is 18.9 Å². The number of unbranched alkanes of at least 4 members (excludes halogenated alkanes) is 5. The van der Waals surface area contributed by atoms with Crippen molar-refractivity contribution in [3.05, 3.63) is 12.7 Å². The lowest BCUT2D eigenvalue weighted by Crippen LogP contribution is -2.35. The molecule has 0 rings (SSSR count). The predicted octanol–water partition coefficient (Wildman–Crippen LogP) is 3.90. The van der Waals surface area contributed by atoms with Gasteiger partial charge in [0.05, 0.1) is 6.10 Å². The third-order valence-corrected chi connectivity index (χ3v) is 3.72. The zero-order chi connectivity index (χ0) is 15.3. The van der Waals surface area contributed by atoms with Crippen molar-refractivity contribution in [1.82, 2.24) is 0 Å². The van der Waals surface area contributed by atoms with Crippen molar-refractivity contribution in [2.24, 2.45) is 0 Å². The van der Waals surface area contributed by atoms with E-state index in [2.05, 4.69) is 6.58 Å². The normalized spacial score (nSPS) is 13.4. The molecule has 0 saturated carbocycles. The first kappa shape index (κ1) is 19.6. The first-order valence-corrected chi connectivity index (χ1v) is 7.48. The average Bonchev–Trinajstić information content (AvgIpc) is 2.50. The van der Waals surface area contributed by atoms with Crippen LogP contribution in [0.1, 0.15) is 51.4 Å². The monoisotopic (exact) mass is 288 g/mol. The molecule has 4 heteroatoms. The lowest BCUT2D eigenvalue weighted by Gasteiger charge is -2.28. The molecule has 0 fully saturated rings. The topological polar surface area (TPSA) is 36.9 Å². The van der Waals surface area contributed by atoms with Crippen LogP contribution in [0.4, 0.5) is 0 Å². The number of methoxy groups -OCH3 is 4. The third kappa shape index (κ3) is 8.00. The van der Waals surface area contributed by atoms with Gasteiger partial charge in [0, 0.05) is 34.9 Å². The fourth-order valence-corrected chi connectivity index (χ4v) is 2.28. The van der Waals surface area contributed by atoms with Crippen molar-refractivity contribution in [2.75, 3.05) is 28.4 Å². The van der Waals surface area contributed by atoms with E-state index in [4.69, 9.17) is 18.9 Å². The molecule has 0 aliphatic heterocycles. The summed E-state index contributed by atoms with van der Waals surface area (Å²) in [5.41, 5.74) is 0. The molecule has 0 amide bonds. The molecule has 0 aromatic rings. The molecule has 0 radical (unpaired) electrons. The molecule has 1 unspecified atom stereocenters. The molecule has 0 heterocycles. The van der Waals surface area contributed by atoms with E-state index in [0.29, 0.717) is 0 Å². The lowest BCUT2D eigenvalue weighted by molar-refractivity contribution is -0.355. The second-order valence-electron chi connectivity index (χ2n) is 4.97. The van der Waals surface area contributed by atoms with Gasteiger partial charge in [-0.05, 0) is 12.8 Å². The van der Waals surface area contributed by atoms with Gasteiger partial charge in [0.1, 0.15) is 0 Å². The van der Waals surface area contributed by atoms with Crippen molar-refractivity contribution in [3.63, 3.8) is 0 Å². The Morgan fingerprint density at radius 2 is 1.35 bits per heavy atom. The maximum Gasteiger partial charge on any atom is 0.282 e. The van der Waals surface area contributed by atoms with Crippen LogP contribution in [0.15, 0.2) is 12.7 Å². The summed E-state index contributed by atoms with van der Waals surface area (Å²) in [5.74, 6) is -0.865. The van der Waals surface area contributed by atoms with Gasteiger partial charge >= 0.3 is 0 Å². The van der Waals surface area contributed by atoms with Crippen LogP contribution in [-0.2, 0) is 18.9 Å². The molecule has 0 aliphatic carbocycles. The Labute approximate surface area is 124 Å². The zero-order valence-electron chi connectivity index (χ0n) is 13.7. The van der Waals surface area contributed by atoms with Crippen LogP contribution in [0.25, 0.3) is 0 Å². The Bertz CT molecular complexity index is 218. The predicted molar refractivity (Wildman–Crippen MR) is 81.7 cm³/mol. The summed E-state index contributed by atoms with van der Waals surface area (Å²) in [7, 11) is 6.57. The van der Waals surface area contributed by atoms with Crippen molar-refractivity contribution in [3.8, 4) is 0 Å².